The topological polar surface area (TPSA) is 108 Å². The van der Waals surface area contributed by atoms with Gasteiger partial charge in [-0.15, -0.1) is 0 Å². The zero-order valence-corrected chi connectivity index (χ0v) is 15.3. The lowest BCUT2D eigenvalue weighted by atomic mass is 10.1. The van der Waals surface area contributed by atoms with E-state index in [2.05, 4.69) is 5.32 Å². The molecule has 3 rings (SSSR count). The number of halogens is 1. The maximum Gasteiger partial charge on any atom is 0.238 e. The lowest BCUT2D eigenvalue weighted by Crippen LogP contribution is -2.17. The Morgan fingerprint density at radius 2 is 1.73 bits per heavy atom. The normalized spacial score (nSPS) is 13.3. The largest absolute Gasteiger partial charge is 0.486 e. The Labute approximate surface area is 156 Å². The van der Waals surface area contributed by atoms with Crippen molar-refractivity contribution in [1.82, 2.24) is 0 Å². The summed E-state index contributed by atoms with van der Waals surface area (Å²) in [5.74, 6) is 0.864. The molecule has 3 N–H and O–H groups in total. The average Bonchev–Trinajstić information content (AvgIpc) is 2.60. The Morgan fingerprint density at radius 3 is 2.35 bits per heavy atom. The maximum absolute atomic E-state index is 12.2. The van der Waals surface area contributed by atoms with Gasteiger partial charge in [0.15, 0.2) is 11.5 Å². The quantitative estimate of drug-likeness (QED) is 0.806. The third kappa shape index (κ3) is 4.46. The predicted octanol–water partition coefficient (Wildman–Crippen LogP) is 2.33. The summed E-state index contributed by atoms with van der Waals surface area (Å²) in [4.78, 5) is 12.2. The van der Waals surface area contributed by atoms with Crippen molar-refractivity contribution < 1.29 is 22.7 Å². The Morgan fingerprint density at radius 1 is 1.12 bits per heavy atom. The Kier molecular flexibility index (Phi) is 5.36. The number of carbonyl (C=O) groups is 1. The number of hydrogen-bond donors (Lipinski definition) is 2. The molecule has 1 aliphatic heterocycles. The number of aryl methyl sites for hydroxylation is 1. The van der Waals surface area contributed by atoms with E-state index >= 15 is 0 Å². The number of primary sulfonamides is 1. The van der Waals surface area contributed by atoms with Crippen molar-refractivity contribution in [3.8, 4) is 11.5 Å². The Hall–Kier alpha value is -2.29. The molecule has 7 nitrogen and oxygen atoms in total. The number of amides is 1. The molecule has 0 atom stereocenters. The summed E-state index contributed by atoms with van der Waals surface area (Å²) in [5.41, 5.74) is 1.27. The molecule has 0 saturated carbocycles. The van der Waals surface area contributed by atoms with Crippen LogP contribution in [0.15, 0.2) is 41.3 Å². The molecule has 0 aliphatic carbocycles. The molecule has 1 aliphatic rings. The molecule has 2 aromatic carbocycles. The van der Waals surface area contributed by atoms with Gasteiger partial charge in [-0.05, 0) is 24.1 Å². The molecular formula is C17H17ClN2O5S. The van der Waals surface area contributed by atoms with Crippen molar-refractivity contribution >= 4 is 33.2 Å². The lowest BCUT2D eigenvalue weighted by molar-refractivity contribution is -0.116. The van der Waals surface area contributed by atoms with Gasteiger partial charge in [0.25, 0.3) is 0 Å². The van der Waals surface area contributed by atoms with Crippen LogP contribution in [0.3, 0.4) is 0 Å². The van der Waals surface area contributed by atoms with E-state index in [1.54, 1.807) is 24.3 Å². The smallest absolute Gasteiger partial charge is 0.238 e. The first-order chi connectivity index (χ1) is 12.3. The number of rotatable bonds is 5. The highest BCUT2D eigenvalue weighted by atomic mass is 35.5. The minimum Gasteiger partial charge on any atom is -0.486 e. The summed E-state index contributed by atoms with van der Waals surface area (Å²) in [6, 6.07) is 9.34. The zero-order valence-electron chi connectivity index (χ0n) is 13.7. The van der Waals surface area contributed by atoms with Crippen molar-refractivity contribution in [2.75, 3.05) is 18.5 Å². The molecule has 0 radical (unpaired) electrons. The Bertz CT molecular complexity index is 929. The molecule has 0 fully saturated rings. The van der Waals surface area contributed by atoms with Crippen molar-refractivity contribution in [3.63, 3.8) is 0 Å². The van der Waals surface area contributed by atoms with Gasteiger partial charge >= 0.3 is 0 Å². The van der Waals surface area contributed by atoms with Crippen molar-refractivity contribution in [1.29, 1.82) is 0 Å². The SMILES string of the molecule is NS(=O)(=O)c1ccc(CCC(=O)Nc2cc3c(cc2Cl)OCCO3)cc1. The monoisotopic (exact) mass is 396 g/mol. The number of nitrogens with two attached hydrogens (primary N) is 1. The number of fused-ring (bicyclic) bond motifs is 1. The lowest BCUT2D eigenvalue weighted by Gasteiger charge is -2.20. The van der Waals surface area contributed by atoms with Crippen molar-refractivity contribution in [3.05, 3.63) is 47.0 Å². The first-order valence-corrected chi connectivity index (χ1v) is 9.76. The second-order valence-electron chi connectivity index (χ2n) is 5.71. The number of nitrogens with one attached hydrogen (secondary N) is 1. The maximum atomic E-state index is 12.2. The summed E-state index contributed by atoms with van der Waals surface area (Å²) in [7, 11) is -3.72. The number of benzene rings is 2. The fraction of sp³-hybridized carbons (Fsp3) is 0.235. The van der Waals surface area contributed by atoms with E-state index in [-0.39, 0.29) is 17.2 Å². The first-order valence-electron chi connectivity index (χ1n) is 7.84. The molecule has 9 heteroatoms. The van der Waals surface area contributed by atoms with Crippen LogP contribution in [0.2, 0.25) is 5.02 Å². The highest BCUT2D eigenvalue weighted by molar-refractivity contribution is 7.89. The van der Waals surface area contributed by atoms with Gasteiger partial charge in [-0.3, -0.25) is 4.79 Å². The van der Waals surface area contributed by atoms with Crippen LogP contribution in [0.25, 0.3) is 0 Å². The van der Waals surface area contributed by atoms with Crippen LogP contribution in [0.5, 0.6) is 11.5 Å². The van der Waals surface area contributed by atoms with Gasteiger partial charge < -0.3 is 14.8 Å². The van der Waals surface area contributed by atoms with Crippen LogP contribution in [-0.2, 0) is 21.2 Å². The third-order valence-corrected chi connectivity index (χ3v) is 5.04. The fourth-order valence-electron chi connectivity index (χ4n) is 2.48. The standard InChI is InChI=1S/C17H17ClN2O5S/c18-13-9-15-16(25-8-7-24-15)10-14(13)20-17(21)6-3-11-1-4-12(5-2-11)26(19,22)23/h1-2,4-5,9-10H,3,6-8H2,(H,20,21)(H2,19,22,23). The molecule has 1 amide bonds. The molecule has 26 heavy (non-hydrogen) atoms. The van der Waals surface area contributed by atoms with E-state index in [0.717, 1.165) is 5.56 Å². The summed E-state index contributed by atoms with van der Waals surface area (Å²) < 4.78 is 33.4. The second-order valence-corrected chi connectivity index (χ2v) is 7.68. The molecule has 0 bridgehead atoms. The van der Waals surface area contributed by atoms with Gasteiger partial charge in [0.2, 0.25) is 15.9 Å². The minimum atomic E-state index is -3.72. The number of hydrogen-bond acceptors (Lipinski definition) is 5. The number of anilines is 1. The van der Waals surface area contributed by atoms with E-state index in [0.29, 0.717) is 41.8 Å². The fourth-order valence-corrected chi connectivity index (χ4v) is 3.19. The van der Waals surface area contributed by atoms with Crippen LogP contribution >= 0.6 is 11.6 Å². The minimum absolute atomic E-state index is 0.0359. The molecule has 1 heterocycles. The van der Waals surface area contributed by atoms with E-state index < -0.39 is 10.0 Å². The summed E-state index contributed by atoms with van der Waals surface area (Å²) in [5, 5.41) is 8.16. The van der Waals surface area contributed by atoms with Gasteiger partial charge in [0, 0.05) is 18.6 Å². The van der Waals surface area contributed by atoms with Crippen LogP contribution in [0, 0.1) is 0 Å². The highest BCUT2D eigenvalue weighted by Crippen LogP contribution is 2.38. The molecule has 2 aromatic rings. The summed E-state index contributed by atoms with van der Waals surface area (Å²) >= 11 is 6.16. The first kappa shape index (κ1) is 18.5. The van der Waals surface area contributed by atoms with E-state index in [4.69, 9.17) is 26.2 Å². The number of carbonyl (C=O) groups excluding carboxylic acids is 1. The third-order valence-electron chi connectivity index (χ3n) is 3.80. The summed E-state index contributed by atoms with van der Waals surface area (Å²) in [6.07, 6.45) is 0.651. The van der Waals surface area contributed by atoms with E-state index in [9.17, 15) is 13.2 Å². The summed E-state index contributed by atoms with van der Waals surface area (Å²) in [6.45, 7) is 0.899. The molecule has 0 saturated heterocycles. The van der Waals surface area contributed by atoms with E-state index in [1.165, 1.54) is 12.1 Å². The van der Waals surface area contributed by atoms with Gasteiger partial charge in [-0.25, -0.2) is 13.6 Å². The van der Waals surface area contributed by atoms with Gasteiger partial charge in [0.1, 0.15) is 13.2 Å². The van der Waals surface area contributed by atoms with Crippen LogP contribution in [-0.4, -0.2) is 27.5 Å². The van der Waals surface area contributed by atoms with Crippen molar-refractivity contribution in [2.24, 2.45) is 5.14 Å². The Balaban J connectivity index is 1.61. The average molecular weight is 397 g/mol. The molecule has 0 spiro atoms. The zero-order chi connectivity index (χ0) is 18.7. The molecular weight excluding hydrogens is 380 g/mol. The van der Waals surface area contributed by atoms with Crippen molar-refractivity contribution in [2.45, 2.75) is 17.7 Å². The molecule has 138 valence electrons. The van der Waals surface area contributed by atoms with Crippen LogP contribution < -0.4 is 19.9 Å². The second kappa shape index (κ2) is 7.53. The van der Waals surface area contributed by atoms with Crippen LogP contribution in [0.4, 0.5) is 5.69 Å². The van der Waals surface area contributed by atoms with Gasteiger partial charge in [-0.2, -0.15) is 0 Å². The molecule has 0 unspecified atom stereocenters. The van der Waals surface area contributed by atoms with E-state index in [1.807, 2.05) is 0 Å². The van der Waals surface area contributed by atoms with Crippen LogP contribution in [0.1, 0.15) is 12.0 Å². The van der Waals surface area contributed by atoms with Gasteiger partial charge in [0.05, 0.1) is 15.6 Å². The highest BCUT2D eigenvalue weighted by Gasteiger charge is 2.16. The number of sulfonamides is 1. The molecule has 0 aromatic heterocycles. The predicted molar refractivity (Wildman–Crippen MR) is 97.2 cm³/mol. The number of ether oxygens (including phenoxy) is 2. The van der Waals surface area contributed by atoms with Gasteiger partial charge in [-0.1, -0.05) is 23.7 Å².